The van der Waals surface area contributed by atoms with Crippen molar-refractivity contribution in [3.05, 3.63) is 29.8 Å². The molecule has 0 bridgehead atoms. The second kappa shape index (κ2) is 8.04. The molecule has 0 atom stereocenters. The van der Waals surface area contributed by atoms with Crippen LogP contribution in [0, 0.1) is 0 Å². The van der Waals surface area contributed by atoms with Crippen LogP contribution in [0.4, 0.5) is 0 Å². The molecule has 3 N–H and O–H groups in total. The molecule has 1 amide bonds. The maximum absolute atomic E-state index is 12.2. The van der Waals surface area contributed by atoms with Gasteiger partial charge in [-0.15, -0.1) is 0 Å². The number of ether oxygens (including phenoxy) is 1. The van der Waals surface area contributed by atoms with E-state index in [2.05, 4.69) is 5.16 Å². The highest BCUT2D eigenvalue weighted by Crippen LogP contribution is 2.18. The molecule has 0 heterocycles. The van der Waals surface area contributed by atoms with E-state index in [0.717, 1.165) is 5.56 Å². The first-order valence-electron chi connectivity index (χ1n) is 6.48. The minimum absolute atomic E-state index is 0.0114. The molecule has 0 saturated heterocycles. The number of carbonyl (C=O) groups is 1. The number of para-hydroxylation sites is 1. The highest BCUT2D eigenvalue weighted by molar-refractivity contribution is 5.82. The molecule has 0 aliphatic heterocycles. The number of oxime groups is 1. The second-order valence-electron chi connectivity index (χ2n) is 4.30. The molecule has 0 aliphatic carbocycles. The highest BCUT2D eigenvalue weighted by Gasteiger charge is 2.14. The fourth-order valence-corrected chi connectivity index (χ4v) is 1.88. The van der Waals surface area contributed by atoms with Gasteiger partial charge in [-0.25, -0.2) is 0 Å². The van der Waals surface area contributed by atoms with Gasteiger partial charge >= 0.3 is 0 Å². The van der Waals surface area contributed by atoms with E-state index < -0.39 is 0 Å². The van der Waals surface area contributed by atoms with Gasteiger partial charge in [0.25, 0.3) is 0 Å². The molecule has 0 unspecified atom stereocenters. The van der Waals surface area contributed by atoms with Crippen molar-refractivity contribution in [1.29, 1.82) is 0 Å². The number of likely N-dealkylation sites (N-methyl/N-ethyl adjacent to an activating group) is 1. The SMILES string of the molecule is CCN(CCC(N)=NO)C(=O)Cc1ccccc1OC. The zero-order chi connectivity index (χ0) is 15.0. The number of amidine groups is 1. The zero-order valence-electron chi connectivity index (χ0n) is 11.9. The number of rotatable bonds is 7. The molecule has 1 rings (SSSR count). The fraction of sp³-hybridized carbons (Fsp3) is 0.429. The standard InChI is InChI=1S/C14H21N3O3/c1-3-17(9-8-13(15)16-19)14(18)10-11-6-4-5-7-12(11)20-2/h4-7,19H,3,8-10H2,1-2H3,(H2,15,16). The summed E-state index contributed by atoms with van der Waals surface area (Å²) >= 11 is 0. The number of carbonyl (C=O) groups excluding carboxylic acids is 1. The van der Waals surface area contributed by atoms with Gasteiger partial charge in [0.05, 0.1) is 13.5 Å². The number of methoxy groups -OCH3 is 1. The Kier molecular flexibility index (Phi) is 6.36. The van der Waals surface area contributed by atoms with Gasteiger partial charge in [0.2, 0.25) is 5.91 Å². The Balaban J connectivity index is 2.67. The van der Waals surface area contributed by atoms with Gasteiger partial charge in [-0.3, -0.25) is 4.79 Å². The Morgan fingerprint density at radius 1 is 1.45 bits per heavy atom. The topological polar surface area (TPSA) is 88.1 Å². The first-order chi connectivity index (χ1) is 9.62. The van der Waals surface area contributed by atoms with Gasteiger partial charge in [-0.1, -0.05) is 23.4 Å². The number of hydrogen-bond acceptors (Lipinski definition) is 4. The van der Waals surface area contributed by atoms with E-state index in [1.54, 1.807) is 12.0 Å². The van der Waals surface area contributed by atoms with Crippen molar-refractivity contribution in [2.75, 3.05) is 20.2 Å². The lowest BCUT2D eigenvalue weighted by Crippen LogP contribution is -2.35. The molecule has 0 aliphatic rings. The van der Waals surface area contributed by atoms with Crippen molar-refractivity contribution in [1.82, 2.24) is 4.90 Å². The van der Waals surface area contributed by atoms with Crippen molar-refractivity contribution < 1.29 is 14.7 Å². The first-order valence-corrected chi connectivity index (χ1v) is 6.48. The lowest BCUT2D eigenvalue weighted by molar-refractivity contribution is -0.130. The van der Waals surface area contributed by atoms with Gasteiger partial charge in [-0.05, 0) is 13.0 Å². The largest absolute Gasteiger partial charge is 0.496 e. The number of nitrogens with zero attached hydrogens (tertiary/aromatic N) is 2. The van der Waals surface area contributed by atoms with Gasteiger partial charge in [0.15, 0.2) is 0 Å². The van der Waals surface area contributed by atoms with Crippen molar-refractivity contribution in [3.8, 4) is 5.75 Å². The Hall–Kier alpha value is -2.24. The maximum atomic E-state index is 12.2. The molecule has 20 heavy (non-hydrogen) atoms. The second-order valence-corrected chi connectivity index (χ2v) is 4.30. The summed E-state index contributed by atoms with van der Waals surface area (Å²) in [5.41, 5.74) is 6.27. The average Bonchev–Trinajstić information content (AvgIpc) is 2.48. The molecular formula is C14H21N3O3. The monoisotopic (exact) mass is 279 g/mol. The Labute approximate surface area is 118 Å². The number of benzene rings is 1. The summed E-state index contributed by atoms with van der Waals surface area (Å²) in [6.45, 7) is 2.90. The van der Waals surface area contributed by atoms with Gasteiger partial charge in [0, 0.05) is 25.1 Å². The van der Waals surface area contributed by atoms with Gasteiger partial charge < -0.3 is 20.6 Å². The summed E-state index contributed by atoms with van der Waals surface area (Å²) < 4.78 is 5.23. The molecule has 110 valence electrons. The summed E-state index contributed by atoms with van der Waals surface area (Å²) in [5.74, 6) is 0.810. The predicted molar refractivity (Wildman–Crippen MR) is 77.0 cm³/mol. The minimum atomic E-state index is -0.0114. The zero-order valence-corrected chi connectivity index (χ0v) is 11.9. The molecular weight excluding hydrogens is 258 g/mol. The number of hydrogen-bond donors (Lipinski definition) is 2. The van der Waals surface area contributed by atoms with Crippen molar-refractivity contribution in [2.24, 2.45) is 10.9 Å². The summed E-state index contributed by atoms with van der Waals surface area (Å²) in [4.78, 5) is 13.9. The molecule has 0 fully saturated rings. The van der Waals surface area contributed by atoms with Crippen molar-refractivity contribution in [3.63, 3.8) is 0 Å². The smallest absolute Gasteiger partial charge is 0.227 e. The van der Waals surface area contributed by atoms with E-state index >= 15 is 0 Å². The lowest BCUT2D eigenvalue weighted by Gasteiger charge is -2.21. The summed E-state index contributed by atoms with van der Waals surface area (Å²) in [5, 5.41) is 11.4. The van der Waals surface area contributed by atoms with E-state index in [-0.39, 0.29) is 18.2 Å². The minimum Gasteiger partial charge on any atom is -0.496 e. The van der Waals surface area contributed by atoms with E-state index in [1.807, 2.05) is 31.2 Å². The third-order valence-electron chi connectivity index (χ3n) is 3.03. The highest BCUT2D eigenvalue weighted by atomic mass is 16.5. The molecule has 0 radical (unpaired) electrons. The van der Waals surface area contributed by atoms with Gasteiger partial charge in [-0.2, -0.15) is 0 Å². The van der Waals surface area contributed by atoms with Crippen LogP contribution in [-0.2, 0) is 11.2 Å². The van der Waals surface area contributed by atoms with Crippen LogP contribution in [0.25, 0.3) is 0 Å². The third-order valence-corrected chi connectivity index (χ3v) is 3.03. The molecule has 1 aromatic rings. The van der Waals surface area contributed by atoms with Crippen molar-refractivity contribution in [2.45, 2.75) is 19.8 Å². The molecule has 0 spiro atoms. The predicted octanol–water partition coefficient (Wildman–Crippen LogP) is 1.22. The van der Waals surface area contributed by atoms with Crippen molar-refractivity contribution >= 4 is 11.7 Å². The van der Waals surface area contributed by atoms with Crippen LogP contribution in [0.3, 0.4) is 0 Å². The average molecular weight is 279 g/mol. The van der Waals surface area contributed by atoms with E-state index in [4.69, 9.17) is 15.7 Å². The first kappa shape index (κ1) is 15.8. The van der Waals surface area contributed by atoms with E-state index in [9.17, 15) is 4.79 Å². The van der Waals surface area contributed by atoms with Gasteiger partial charge in [0.1, 0.15) is 11.6 Å². The summed E-state index contributed by atoms with van der Waals surface area (Å²) in [6, 6.07) is 7.43. The van der Waals surface area contributed by atoms with Crippen LogP contribution in [0.15, 0.2) is 29.4 Å². The third kappa shape index (κ3) is 4.46. The van der Waals surface area contributed by atoms with Crippen LogP contribution in [0.5, 0.6) is 5.75 Å². The normalized spacial score (nSPS) is 11.2. The van der Waals surface area contributed by atoms with Crippen LogP contribution >= 0.6 is 0 Å². The fourth-order valence-electron chi connectivity index (χ4n) is 1.88. The van der Waals surface area contributed by atoms with E-state index in [0.29, 0.717) is 25.3 Å². The number of nitrogens with two attached hydrogens (primary N) is 1. The summed E-state index contributed by atoms with van der Waals surface area (Å²) in [6.07, 6.45) is 0.621. The van der Waals surface area contributed by atoms with E-state index in [1.165, 1.54) is 0 Å². The molecule has 6 nitrogen and oxygen atoms in total. The van der Waals surface area contributed by atoms with Crippen LogP contribution in [-0.4, -0.2) is 42.0 Å². The Morgan fingerprint density at radius 2 is 2.15 bits per heavy atom. The lowest BCUT2D eigenvalue weighted by atomic mass is 10.1. The molecule has 0 saturated carbocycles. The number of amides is 1. The van der Waals surface area contributed by atoms with Crippen LogP contribution in [0.1, 0.15) is 18.9 Å². The van der Waals surface area contributed by atoms with Crippen LogP contribution in [0.2, 0.25) is 0 Å². The quantitative estimate of drug-likeness (QED) is 0.340. The molecule has 1 aromatic carbocycles. The molecule has 0 aromatic heterocycles. The molecule has 6 heteroatoms. The maximum Gasteiger partial charge on any atom is 0.227 e. The summed E-state index contributed by atoms with van der Waals surface area (Å²) in [7, 11) is 1.58. The Morgan fingerprint density at radius 3 is 2.75 bits per heavy atom. The van der Waals surface area contributed by atoms with Crippen LogP contribution < -0.4 is 10.5 Å². The Bertz CT molecular complexity index is 474.